The lowest BCUT2D eigenvalue weighted by Gasteiger charge is -2.10. The lowest BCUT2D eigenvalue weighted by Crippen LogP contribution is -2.24. The summed E-state index contributed by atoms with van der Waals surface area (Å²) in [4.78, 5) is 36.5. The van der Waals surface area contributed by atoms with E-state index in [-0.39, 0.29) is 24.3 Å². The van der Waals surface area contributed by atoms with E-state index < -0.39 is 0 Å². The summed E-state index contributed by atoms with van der Waals surface area (Å²) in [6.45, 7) is 2.82. The molecule has 0 fully saturated rings. The fourth-order valence-corrected chi connectivity index (χ4v) is 3.37. The van der Waals surface area contributed by atoms with E-state index in [0.717, 1.165) is 24.1 Å². The average molecular weight is 473 g/mol. The number of carbonyl (C=O) groups is 3. The molecule has 0 heterocycles. The highest BCUT2D eigenvalue weighted by Gasteiger charge is 2.07. The first kappa shape index (κ1) is 25.5. The van der Waals surface area contributed by atoms with E-state index in [4.69, 9.17) is 0 Å². The molecule has 0 saturated carbocycles. The molecule has 3 aromatic carbocycles. The summed E-state index contributed by atoms with van der Waals surface area (Å²) >= 11 is 0. The van der Waals surface area contributed by atoms with Crippen LogP contribution in [0.3, 0.4) is 0 Å². The molecule has 0 saturated heterocycles. The van der Waals surface area contributed by atoms with Gasteiger partial charge in [0.15, 0.2) is 0 Å². The van der Waals surface area contributed by atoms with E-state index in [0.29, 0.717) is 36.3 Å². The first-order valence-corrected chi connectivity index (χ1v) is 11.9. The van der Waals surface area contributed by atoms with E-state index in [1.165, 1.54) is 0 Å². The van der Waals surface area contributed by atoms with Crippen molar-refractivity contribution in [2.75, 3.05) is 29.0 Å². The second-order valence-electron chi connectivity index (χ2n) is 8.20. The molecule has 4 N–H and O–H groups in total. The van der Waals surface area contributed by atoms with Gasteiger partial charge in [0.05, 0.1) is 6.54 Å². The van der Waals surface area contributed by atoms with Crippen molar-refractivity contribution in [2.24, 2.45) is 0 Å². The van der Waals surface area contributed by atoms with Crippen molar-refractivity contribution in [3.8, 4) is 0 Å². The zero-order valence-electron chi connectivity index (χ0n) is 20.0. The molecule has 0 unspecified atom stereocenters. The predicted octanol–water partition coefficient (Wildman–Crippen LogP) is 4.84. The normalized spacial score (nSPS) is 10.3. The van der Waals surface area contributed by atoms with Crippen molar-refractivity contribution in [1.29, 1.82) is 0 Å². The van der Waals surface area contributed by atoms with Gasteiger partial charge < -0.3 is 21.3 Å². The Kier molecular flexibility index (Phi) is 9.87. The van der Waals surface area contributed by atoms with Gasteiger partial charge in [-0.05, 0) is 66.9 Å². The molecular formula is C28H32N4O3. The van der Waals surface area contributed by atoms with Crippen molar-refractivity contribution in [3.05, 3.63) is 90.0 Å². The smallest absolute Gasteiger partial charge is 0.251 e. The summed E-state index contributed by atoms with van der Waals surface area (Å²) in [5.74, 6) is -0.357. The zero-order valence-corrected chi connectivity index (χ0v) is 20.0. The van der Waals surface area contributed by atoms with Gasteiger partial charge in [0.1, 0.15) is 0 Å². The first-order chi connectivity index (χ1) is 17.0. The highest BCUT2D eigenvalue weighted by atomic mass is 16.2. The Hall–Kier alpha value is -4.13. The van der Waals surface area contributed by atoms with Gasteiger partial charge in [-0.2, -0.15) is 0 Å². The van der Waals surface area contributed by atoms with Crippen molar-refractivity contribution in [3.63, 3.8) is 0 Å². The van der Waals surface area contributed by atoms with Gasteiger partial charge in [0, 0.05) is 35.6 Å². The van der Waals surface area contributed by atoms with Crippen LogP contribution < -0.4 is 21.3 Å². The van der Waals surface area contributed by atoms with Crippen molar-refractivity contribution in [2.45, 2.75) is 32.6 Å². The Bertz CT molecular complexity index is 1100. The SMILES string of the molecule is CCCCNC(=O)c1ccc(NCC(=O)Nc2ccc(NC(=O)CCc3ccccc3)cc2)cc1. The average Bonchev–Trinajstić information content (AvgIpc) is 2.88. The minimum absolute atomic E-state index is 0.0562. The number of rotatable bonds is 12. The van der Waals surface area contributed by atoms with Gasteiger partial charge in [0.2, 0.25) is 11.8 Å². The molecule has 35 heavy (non-hydrogen) atoms. The molecule has 7 heteroatoms. The molecule has 0 aliphatic heterocycles. The molecule has 0 spiro atoms. The maximum Gasteiger partial charge on any atom is 0.251 e. The topological polar surface area (TPSA) is 99.3 Å². The Labute approximate surface area is 206 Å². The first-order valence-electron chi connectivity index (χ1n) is 11.9. The maximum absolute atomic E-state index is 12.3. The number of hydrogen-bond acceptors (Lipinski definition) is 4. The Morgan fingerprint density at radius 1 is 0.714 bits per heavy atom. The highest BCUT2D eigenvalue weighted by molar-refractivity contribution is 5.96. The van der Waals surface area contributed by atoms with E-state index in [1.807, 2.05) is 30.3 Å². The van der Waals surface area contributed by atoms with Crippen LogP contribution in [0.15, 0.2) is 78.9 Å². The predicted molar refractivity (Wildman–Crippen MR) is 141 cm³/mol. The minimum Gasteiger partial charge on any atom is -0.376 e. The maximum atomic E-state index is 12.3. The quantitative estimate of drug-likeness (QED) is 0.284. The molecule has 3 aromatic rings. The summed E-state index contributed by atoms with van der Waals surface area (Å²) in [7, 11) is 0. The summed E-state index contributed by atoms with van der Waals surface area (Å²) in [5, 5.41) is 11.6. The molecule has 0 aliphatic carbocycles. The number of anilines is 3. The molecular weight excluding hydrogens is 440 g/mol. The Morgan fingerprint density at radius 3 is 1.94 bits per heavy atom. The number of benzene rings is 3. The highest BCUT2D eigenvalue weighted by Crippen LogP contribution is 2.15. The van der Waals surface area contributed by atoms with Crippen LogP contribution in [0.1, 0.15) is 42.1 Å². The largest absolute Gasteiger partial charge is 0.376 e. The molecule has 0 aliphatic rings. The van der Waals surface area contributed by atoms with Gasteiger partial charge in [-0.25, -0.2) is 0 Å². The molecule has 3 rings (SSSR count). The third kappa shape index (κ3) is 8.97. The van der Waals surface area contributed by atoms with Gasteiger partial charge >= 0.3 is 0 Å². The summed E-state index contributed by atoms with van der Waals surface area (Å²) < 4.78 is 0. The Balaban J connectivity index is 1.39. The number of unbranched alkanes of at least 4 members (excludes halogenated alkanes) is 1. The standard InChI is InChI=1S/C28H32N4O3/c1-2-3-19-29-28(35)22-10-12-23(13-11-22)30-20-27(34)32-25-16-14-24(15-17-25)31-26(33)18-9-21-7-5-4-6-8-21/h4-8,10-17,30H,2-3,9,18-20H2,1H3,(H,29,35)(H,31,33)(H,32,34). The zero-order chi connectivity index (χ0) is 24.9. The van der Waals surface area contributed by atoms with Gasteiger partial charge in [0.25, 0.3) is 5.91 Å². The van der Waals surface area contributed by atoms with Crippen LogP contribution in [0.2, 0.25) is 0 Å². The van der Waals surface area contributed by atoms with Crippen molar-refractivity contribution in [1.82, 2.24) is 5.32 Å². The van der Waals surface area contributed by atoms with Crippen LogP contribution in [0, 0.1) is 0 Å². The second-order valence-corrected chi connectivity index (χ2v) is 8.20. The lowest BCUT2D eigenvalue weighted by molar-refractivity contribution is -0.116. The van der Waals surface area contributed by atoms with Crippen LogP contribution >= 0.6 is 0 Å². The molecule has 0 atom stereocenters. The van der Waals surface area contributed by atoms with Crippen LogP contribution in [0.5, 0.6) is 0 Å². The van der Waals surface area contributed by atoms with Crippen LogP contribution in [-0.2, 0) is 16.0 Å². The number of amides is 3. The van der Waals surface area contributed by atoms with Gasteiger partial charge in [-0.15, -0.1) is 0 Å². The molecule has 7 nitrogen and oxygen atoms in total. The number of aryl methyl sites for hydroxylation is 1. The monoisotopic (exact) mass is 472 g/mol. The van der Waals surface area contributed by atoms with E-state index in [2.05, 4.69) is 28.2 Å². The van der Waals surface area contributed by atoms with E-state index in [1.54, 1.807) is 48.5 Å². The molecule has 0 aromatic heterocycles. The van der Waals surface area contributed by atoms with Crippen LogP contribution in [0.4, 0.5) is 17.1 Å². The third-order valence-electron chi connectivity index (χ3n) is 5.35. The number of nitrogens with one attached hydrogen (secondary N) is 4. The second kappa shape index (κ2) is 13.5. The fraction of sp³-hybridized carbons (Fsp3) is 0.250. The Morgan fingerprint density at radius 2 is 1.31 bits per heavy atom. The molecule has 0 bridgehead atoms. The van der Waals surface area contributed by atoms with Crippen molar-refractivity contribution < 1.29 is 14.4 Å². The molecule has 3 amide bonds. The number of hydrogen-bond donors (Lipinski definition) is 4. The summed E-state index contributed by atoms with van der Waals surface area (Å²) in [6.07, 6.45) is 3.06. The van der Waals surface area contributed by atoms with Crippen LogP contribution in [-0.4, -0.2) is 30.8 Å². The fourth-order valence-electron chi connectivity index (χ4n) is 3.37. The van der Waals surface area contributed by atoms with E-state index >= 15 is 0 Å². The van der Waals surface area contributed by atoms with E-state index in [9.17, 15) is 14.4 Å². The van der Waals surface area contributed by atoms with Crippen molar-refractivity contribution >= 4 is 34.8 Å². The molecule has 182 valence electrons. The summed E-state index contributed by atoms with van der Waals surface area (Å²) in [6, 6.07) is 23.9. The van der Waals surface area contributed by atoms with Crippen LogP contribution in [0.25, 0.3) is 0 Å². The lowest BCUT2D eigenvalue weighted by atomic mass is 10.1. The van der Waals surface area contributed by atoms with Gasteiger partial charge in [-0.1, -0.05) is 43.7 Å². The molecule has 0 radical (unpaired) electrons. The number of carbonyl (C=O) groups excluding carboxylic acids is 3. The third-order valence-corrected chi connectivity index (χ3v) is 5.35. The minimum atomic E-state index is -0.203. The van der Waals surface area contributed by atoms with Gasteiger partial charge in [-0.3, -0.25) is 14.4 Å². The summed E-state index contributed by atoms with van der Waals surface area (Å²) in [5.41, 5.74) is 3.77.